The Morgan fingerprint density at radius 1 is 0.815 bits per heavy atom. The first kappa shape index (κ1) is 18.8. The van der Waals surface area contributed by atoms with Gasteiger partial charge in [-0.2, -0.15) is 0 Å². The number of methoxy groups -OCH3 is 3. The largest absolute Gasteiger partial charge is 0.497 e. The Kier molecular flexibility index (Phi) is 5.97. The topological polar surface area (TPSA) is 44.8 Å². The van der Waals surface area contributed by atoms with Crippen molar-refractivity contribution < 1.29 is 19.0 Å². The first-order valence-electron chi connectivity index (χ1n) is 8.96. The molecule has 1 aliphatic carbocycles. The summed E-state index contributed by atoms with van der Waals surface area (Å²) in [5.74, 6) is 2.27. The fourth-order valence-corrected chi connectivity index (χ4v) is 3.27. The van der Waals surface area contributed by atoms with Crippen LogP contribution in [0.2, 0.25) is 0 Å². The molecule has 4 heteroatoms. The number of carbonyl (C=O) groups is 1. The summed E-state index contributed by atoms with van der Waals surface area (Å²) in [7, 11) is 4.87. The second-order valence-corrected chi connectivity index (χ2v) is 6.41. The molecule has 0 spiro atoms. The summed E-state index contributed by atoms with van der Waals surface area (Å²) in [5, 5.41) is 0. The van der Waals surface area contributed by atoms with E-state index in [0.29, 0.717) is 11.5 Å². The Bertz CT molecular complexity index is 871. The van der Waals surface area contributed by atoms with E-state index < -0.39 is 0 Å². The normalized spacial score (nSPS) is 17.2. The number of ketones is 1. The minimum absolute atomic E-state index is 0.0916. The maximum atomic E-state index is 13.0. The van der Waals surface area contributed by atoms with E-state index >= 15 is 0 Å². The number of allylic oxidation sites excluding steroid dienone is 2. The molecule has 1 saturated carbocycles. The van der Waals surface area contributed by atoms with Gasteiger partial charge >= 0.3 is 0 Å². The maximum Gasteiger partial charge on any atom is 0.185 e. The number of rotatable bonds is 5. The highest BCUT2D eigenvalue weighted by Crippen LogP contribution is 2.31. The lowest BCUT2D eigenvalue weighted by molar-refractivity contribution is -0.112. The zero-order chi connectivity index (χ0) is 19.2. The van der Waals surface area contributed by atoms with Crippen molar-refractivity contribution in [1.82, 2.24) is 0 Å². The van der Waals surface area contributed by atoms with Crippen molar-refractivity contribution in [2.45, 2.75) is 19.3 Å². The number of carbonyl (C=O) groups excluding carboxylic acids is 1. The Balaban J connectivity index is 1.93. The Morgan fingerprint density at radius 2 is 1.44 bits per heavy atom. The van der Waals surface area contributed by atoms with Crippen LogP contribution in [0.15, 0.2) is 53.6 Å². The summed E-state index contributed by atoms with van der Waals surface area (Å²) in [6, 6.07) is 13.4. The zero-order valence-electron chi connectivity index (χ0n) is 16.0. The molecule has 0 bridgehead atoms. The molecule has 0 saturated heterocycles. The highest BCUT2D eigenvalue weighted by molar-refractivity contribution is 6.14. The van der Waals surface area contributed by atoms with E-state index in [0.717, 1.165) is 47.3 Å². The number of Topliss-reactive ketones (excluding diaryl/α,β-unsaturated/α-hetero) is 1. The van der Waals surface area contributed by atoms with Gasteiger partial charge < -0.3 is 14.2 Å². The first-order chi connectivity index (χ1) is 13.1. The molecule has 3 rings (SSSR count). The molecule has 0 amide bonds. The molecule has 1 aliphatic rings. The SMILES string of the molecule is COc1cc(/C=C2/CCC/C(=C/c3ccccc3OC)C2=O)cc(OC)c1. The zero-order valence-corrected chi connectivity index (χ0v) is 16.0. The van der Waals surface area contributed by atoms with Crippen molar-refractivity contribution in [2.24, 2.45) is 0 Å². The van der Waals surface area contributed by atoms with Crippen LogP contribution in [-0.4, -0.2) is 27.1 Å². The minimum atomic E-state index is 0.0916. The van der Waals surface area contributed by atoms with Gasteiger partial charge in [-0.3, -0.25) is 4.79 Å². The fourth-order valence-electron chi connectivity index (χ4n) is 3.27. The second-order valence-electron chi connectivity index (χ2n) is 6.41. The molecule has 0 N–H and O–H groups in total. The summed E-state index contributed by atoms with van der Waals surface area (Å²) in [6.45, 7) is 0. The molecule has 0 aliphatic heterocycles. The van der Waals surface area contributed by atoms with E-state index in [4.69, 9.17) is 14.2 Å². The number of ether oxygens (including phenoxy) is 3. The number of hydrogen-bond acceptors (Lipinski definition) is 4. The number of para-hydroxylation sites is 1. The molecule has 0 aromatic heterocycles. The second kappa shape index (κ2) is 8.58. The van der Waals surface area contributed by atoms with E-state index in [-0.39, 0.29) is 5.78 Å². The molecule has 2 aromatic carbocycles. The van der Waals surface area contributed by atoms with Crippen LogP contribution >= 0.6 is 0 Å². The molecular weight excluding hydrogens is 340 g/mol. The van der Waals surface area contributed by atoms with Crippen LogP contribution in [0.5, 0.6) is 17.2 Å². The van der Waals surface area contributed by atoms with Crippen LogP contribution in [0.4, 0.5) is 0 Å². The molecule has 0 atom stereocenters. The number of benzene rings is 2. The van der Waals surface area contributed by atoms with Gasteiger partial charge in [0, 0.05) is 22.8 Å². The van der Waals surface area contributed by atoms with E-state index in [9.17, 15) is 4.79 Å². The highest BCUT2D eigenvalue weighted by Gasteiger charge is 2.21. The standard InChI is InChI=1S/C23H24O4/c1-25-20-12-16(13-21(15-20)26-2)11-18-8-6-9-19(23(18)24)14-17-7-4-5-10-22(17)27-3/h4-5,7,10-15H,6,8-9H2,1-3H3/b18-11-,19-14-. The summed E-state index contributed by atoms with van der Waals surface area (Å²) >= 11 is 0. The van der Waals surface area contributed by atoms with Crippen molar-refractivity contribution in [1.29, 1.82) is 0 Å². The summed E-state index contributed by atoms with van der Waals surface area (Å²) in [6.07, 6.45) is 6.36. The average Bonchev–Trinajstić information content (AvgIpc) is 2.71. The van der Waals surface area contributed by atoms with Gasteiger partial charge in [-0.25, -0.2) is 0 Å². The van der Waals surface area contributed by atoms with E-state index in [1.54, 1.807) is 21.3 Å². The van der Waals surface area contributed by atoms with Crippen molar-refractivity contribution in [2.75, 3.05) is 21.3 Å². The molecule has 0 unspecified atom stereocenters. The summed E-state index contributed by atoms with van der Waals surface area (Å²) in [5.41, 5.74) is 3.44. The fraction of sp³-hybridized carbons (Fsp3) is 0.261. The predicted molar refractivity (Wildman–Crippen MR) is 107 cm³/mol. The van der Waals surface area contributed by atoms with Gasteiger partial charge in [0.1, 0.15) is 17.2 Å². The van der Waals surface area contributed by atoms with Crippen LogP contribution in [0.1, 0.15) is 30.4 Å². The van der Waals surface area contributed by atoms with Crippen LogP contribution in [0, 0.1) is 0 Å². The smallest absolute Gasteiger partial charge is 0.185 e. The molecule has 0 heterocycles. The van der Waals surface area contributed by atoms with Gasteiger partial charge in [-0.05, 0) is 55.2 Å². The van der Waals surface area contributed by atoms with Crippen LogP contribution in [-0.2, 0) is 4.79 Å². The van der Waals surface area contributed by atoms with Crippen molar-refractivity contribution >= 4 is 17.9 Å². The van der Waals surface area contributed by atoms with Gasteiger partial charge in [0.2, 0.25) is 0 Å². The van der Waals surface area contributed by atoms with Gasteiger partial charge in [0.25, 0.3) is 0 Å². The molecule has 140 valence electrons. The third-order valence-corrected chi connectivity index (χ3v) is 4.66. The van der Waals surface area contributed by atoms with E-state index in [2.05, 4.69) is 0 Å². The lowest BCUT2D eigenvalue weighted by Gasteiger charge is -2.17. The van der Waals surface area contributed by atoms with E-state index in [1.807, 2.05) is 54.6 Å². The molecule has 2 aromatic rings. The van der Waals surface area contributed by atoms with Crippen molar-refractivity contribution in [3.63, 3.8) is 0 Å². The monoisotopic (exact) mass is 364 g/mol. The Labute approximate surface area is 160 Å². The summed E-state index contributed by atoms with van der Waals surface area (Å²) < 4.78 is 16.0. The predicted octanol–water partition coefficient (Wildman–Crippen LogP) is 4.93. The molecule has 4 nitrogen and oxygen atoms in total. The lowest BCUT2D eigenvalue weighted by atomic mass is 9.86. The van der Waals surface area contributed by atoms with Gasteiger partial charge in [-0.15, -0.1) is 0 Å². The minimum Gasteiger partial charge on any atom is -0.497 e. The van der Waals surface area contributed by atoms with Gasteiger partial charge in [0.05, 0.1) is 21.3 Å². The molecular formula is C23H24O4. The third kappa shape index (κ3) is 4.40. The summed E-state index contributed by atoms with van der Waals surface area (Å²) in [4.78, 5) is 13.0. The van der Waals surface area contributed by atoms with Crippen LogP contribution in [0.25, 0.3) is 12.2 Å². The quantitative estimate of drug-likeness (QED) is 0.706. The van der Waals surface area contributed by atoms with Crippen molar-refractivity contribution in [3.05, 3.63) is 64.7 Å². The van der Waals surface area contributed by atoms with Crippen LogP contribution in [0.3, 0.4) is 0 Å². The third-order valence-electron chi connectivity index (χ3n) is 4.66. The lowest BCUT2D eigenvalue weighted by Crippen LogP contribution is -2.12. The number of hydrogen-bond donors (Lipinski definition) is 0. The average molecular weight is 364 g/mol. The first-order valence-corrected chi connectivity index (χ1v) is 8.96. The molecule has 27 heavy (non-hydrogen) atoms. The van der Waals surface area contributed by atoms with Crippen LogP contribution < -0.4 is 14.2 Å². The Hall–Kier alpha value is -3.01. The van der Waals surface area contributed by atoms with E-state index in [1.165, 1.54) is 0 Å². The molecule has 1 fully saturated rings. The van der Waals surface area contributed by atoms with Gasteiger partial charge in [-0.1, -0.05) is 18.2 Å². The highest BCUT2D eigenvalue weighted by atomic mass is 16.5. The van der Waals surface area contributed by atoms with Gasteiger partial charge in [0.15, 0.2) is 5.78 Å². The van der Waals surface area contributed by atoms with Crippen molar-refractivity contribution in [3.8, 4) is 17.2 Å². The Morgan fingerprint density at radius 3 is 2.07 bits per heavy atom. The molecule has 0 radical (unpaired) electrons. The maximum absolute atomic E-state index is 13.0.